The maximum atomic E-state index is 12.0. The van der Waals surface area contributed by atoms with E-state index in [1.54, 1.807) is 26.2 Å². The van der Waals surface area contributed by atoms with Gasteiger partial charge in [0.15, 0.2) is 0 Å². The smallest absolute Gasteiger partial charge is 0.346 e. The van der Waals surface area contributed by atoms with E-state index in [4.69, 9.17) is 14.0 Å². The van der Waals surface area contributed by atoms with Gasteiger partial charge in [-0.25, -0.2) is 9.59 Å². The largest absolute Gasteiger partial charge is 0.497 e. The molecule has 1 aromatic carbocycles. The molecule has 0 aliphatic carbocycles. The number of aromatic nitrogens is 4. The zero-order valence-electron chi connectivity index (χ0n) is 14.8. The molecule has 0 aliphatic heterocycles. The summed E-state index contributed by atoms with van der Waals surface area (Å²) in [4.78, 5) is 34.2. The number of methoxy groups -OCH3 is 2. The standard InChI is InChI=1S/C17H16N4O5S/c1-9-13(16(22)25-3)15(20-17(23)18-9)27-8-12-19-14(21-26-12)10-4-6-11(24-2)7-5-10/h4-7H,8H2,1-3H3,(H,18,20,23). The van der Waals surface area contributed by atoms with Gasteiger partial charge in [0.05, 0.1) is 20.0 Å². The van der Waals surface area contributed by atoms with Crippen molar-refractivity contribution in [3.8, 4) is 17.1 Å². The number of carbonyl (C=O) groups excluding carboxylic acids is 1. The highest BCUT2D eigenvalue weighted by molar-refractivity contribution is 7.98. The second-order valence-electron chi connectivity index (χ2n) is 5.37. The molecule has 27 heavy (non-hydrogen) atoms. The summed E-state index contributed by atoms with van der Waals surface area (Å²) in [6.07, 6.45) is 0. The number of aryl methyl sites for hydroxylation is 1. The Morgan fingerprint density at radius 1 is 1.22 bits per heavy atom. The van der Waals surface area contributed by atoms with Gasteiger partial charge in [-0.15, -0.1) is 0 Å². The molecule has 0 fully saturated rings. The number of nitrogens with one attached hydrogen (secondary N) is 1. The Kier molecular flexibility index (Phi) is 5.55. The number of benzene rings is 1. The molecular formula is C17H16N4O5S. The van der Waals surface area contributed by atoms with Crippen molar-refractivity contribution in [2.24, 2.45) is 0 Å². The molecule has 9 nitrogen and oxygen atoms in total. The lowest BCUT2D eigenvalue weighted by Crippen LogP contribution is -2.19. The van der Waals surface area contributed by atoms with Crippen molar-refractivity contribution in [3.05, 3.63) is 51.9 Å². The third-order valence-electron chi connectivity index (χ3n) is 3.62. The lowest BCUT2D eigenvalue weighted by Gasteiger charge is -2.07. The first-order valence-corrected chi connectivity index (χ1v) is 8.79. The van der Waals surface area contributed by atoms with Gasteiger partial charge in [0.2, 0.25) is 11.7 Å². The number of nitrogens with zero attached hydrogens (tertiary/aromatic N) is 3. The minimum absolute atomic E-state index is 0.206. The Morgan fingerprint density at radius 3 is 2.63 bits per heavy atom. The first kappa shape index (κ1) is 18.6. The SMILES string of the molecule is COC(=O)c1c(SCc2nc(-c3ccc(OC)cc3)no2)nc(=O)[nH]c1C. The molecular weight excluding hydrogens is 372 g/mol. The summed E-state index contributed by atoms with van der Waals surface area (Å²) in [5.74, 6) is 1.15. The van der Waals surface area contributed by atoms with Gasteiger partial charge in [-0.05, 0) is 31.2 Å². The molecule has 10 heteroatoms. The fourth-order valence-corrected chi connectivity index (χ4v) is 3.21. The van der Waals surface area contributed by atoms with Crippen molar-refractivity contribution in [1.82, 2.24) is 20.1 Å². The third kappa shape index (κ3) is 4.17. The zero-order chi connectivity index (χ0) is 19.4. The molecule has 0 unspecified atom stereocenters. The molecule has 0 saturated heterocycles. The average Bonchev–Trinajstić information content (AvgIpc) is 3.14. The van der Waals surface area contributed by atoms with Gasteiger partial charge in [0.25, 0.3) is 0 Å². The molecule has 3 aromatic rings. The van der Waals surface area contributed by atoms with Crippen molar-refractivity contribution in [1.29, 1.82) is 0 Å². The number of thioether (sulfide) groups is 1. The van der Waals surface area contributed by atoms with E-state index in [1.807, 2.05) is 12.1 Å². The molecule has 1 N–H and O–H groups in total. The van der Waals surface area contributed by atoms with E-state index in [-0.39, 0.29) is 16.3 Å². The first-order valence-electron chi connectivity index (χ1n) is 7.81. The number of carbonyl (C=O) groups is 1. The molecule has 0 saturated carbocycles. The highest BCUT2D eigenvalue weighted by Gasteiger charge is 2.19. The summed E-state index contributed by atoms with van der Waals surface area (Å²) < 4.78 is 15.1. The number of rotatable bonds is 6. The van der Waals surface area contributed by atoms with Crippen LogP contribution in [0.15, 0.2) is 38.6 Å². The quantitative estimate of drug-likeness (QED) is 0.385. The zero-order valence-corrected chi connectivity index (χ0v) is 15.6. The molecule has 0 aliphatic rings. The fourth-order valence-electron chi connectivity index (χ4n) is 2.31. The van der Waals surface area contributed by atoms with Gasteiger partial charge >= 0.3 is 11.7 Å². The number of aromatic amines is 1. The molecule has 2 aromatic heterocycles. The van der Waals surface area contributed by atoms with Crippen LogP contribution in [-0.4, -0.2) is 40.3 Å². The summed E-state index contributed by atoms with van der Waals surface area (Å²) >= 11 is 1.14. The predicted molar refractivity (Wildman–Crippen MR) is 96.8 cm³/mol. The van der Waals surface area contributed by atoms with Crippen LogP contribution >= 0.6 is 11.8 Å². The highest BCUT2D eigenvalue weighted by atomic mass is 32.2. The molecule has 0 spiro atoms. The van der Waals surface area contributed by atoms with Crippen LogP contribution in [0.1, 0.15) is 21.9 Å². The molecule has 0 atom stereocenters. The second kappa shape index (κ2) is 8.04. The Hall–Kier alpha value is -3.14. The summed E-state index contributed by atoms with van der Waals surface area (Å²) in [7, 11) is 2.85. The van der Waals surface area contributed by atoms with Crippen LogP contribution in [0.25, 0.3) is 11.4 Å². The van der Waals surface area contributed by atoms with Crippen LogP contribution in [-0.2, 0) is 10.5 Å². The molecule has 0 bridgehead atoms. The summed E-state index contributed by atoms with van der Waals surface area (Å²) in [5, 5.41) is 4.19. The topological polar surface area (TPSA) is 120 Å². The number of H-pyrrole nitrogens is 1. The van der Waals surface area contributed by atoms with Gasteiger partial charge in [-0.3, -0.25) is 0 Å². The normalized spacial score (nSPS) is 10.6. The summed E-state index contributed by atoms with van der Waals surface area (Å²) in [6.45, 7) is 1.61. The first-order chi connectivity index (χ1) is 13.0. The Balaban J connectivity index is 1.79. The molecule has 140 valence electrons. The predicted octanol–water partition coefficient (Wildman–Crippen LogP) is 2.22. The second-order valence-corrected chi connectivity index (χ2v) is 6.33. The Morgan fingerprint density at radius 2 is 1.96 bits per heavy atom. The molecule has 3 rings (SSSR count). The summed E-state index contributed by atoms with van der Waals surface area (Å²) in [5.41, 5.74) is 0.814. The summed E-state index contributed by atoms with van der Waals surface area (Å²) in [6, 6.07) is 7.23. The third-order valence-corrected chi connectivity index (χ3v) is 4.58. The van der Waals surface area contributed by atoms with E-state index in [2.05, 4.69) is 20.1 Å². The van der Waals surface area contributed by atoms with Crippen molar-refractivity contribution >= 4 is 17.7 Å². The van der Waals surface area contributed by atoms with Crippen LogP contribution in [0.4, 0.5) is 0 Å². The lowest BCUT2D eigenvalue weighted by molar-refractivity contribution is 0.0594. The van der Waals surface area contributed by atoms with Crippen molar-refractivity contribution < 1.29 is 18.8 Å². The van der Waals surface area contributed by atoms with Crippen LogP contribution in [0.3, 0.4) is 0 Å². The van der Waals surface area contributed by atoms with E-state index in [0.717, 1.165) is 23.1 Å². The van der Waals surface area contributed by atoms with Crippen LogP contribution in [0, 0.1) is 6.92 Å². The average molecular weight is 388 g/mol. The number of esters is 1. The van der Waals surface area contributed by atoms with Gasteiger partial charge in [0.1, 0.15) is 16.3 Å². The van der Waals surface area contributed by atoms with Crippen LogP contribution in [0.2, 0.25) is 0 Å². The van der Waals surface area contributed by atoms with E-state index in [9.17, 15) is 9.59 Å². The van der Waals surface area contributed by atoms with Crippen LogP contribution < -0.4 is 10.4 Å². The van der Waals surface area contributed by atoms with Gasteiger partial charge in [-0.2, -0.15) is 9.97 Å². The van der Waals surface area contributed by atoms with E-state index >= 15 is 0 Å². The Labute approximate surface area is 158 Å². The van der Waals surface area contributed by atoms with Crippen molar-refractivity contribution in [2.45, 2.75) is 17.7 Å². The van der Waals surface area contributed by atoms with E-state index in [0.29, 0.717) is 17.4 Å². The fraction of sp³-hybridized carbons (Fsp3) is 0.235. The number of ether oxygens (including phenoxy) is 2. The van der Waals surface area contributed by atoms with Gasteiger partial charge < -0.3 is 19.0 Å². The number of hydrogen-bond acceptors (Lipinski definition) is 9. The lowest BCUT2D eigenvalue weighted by atomic mass is 10.2. The van der Waals surface area contributed by atoms with Gasteiger partial charge in [-0.1, -0.05) is 16.9 Å². The van der Waals surface area contributed by atoms with Gasteiger partial charge in [0, 0.05) is 11.3 Å². The maximum absolute atomic E-state index is 12.0. The molecule has 2 heterocycles. The van der Waals surface area contributed by atoms with E-state index in [1.165, 1.54) is 7.11 Å². The highest BCUT2D eigenvalue weighted by Crippen LogP contribution is 2.26. The minimum atomic E-state index is -0.580. The molecule has 0 amide bonds. The Bertz CT molecular complexity index is 1010. The van der Waals surface area contributed by atoms with E-state index < -0.39 is 11.7 Å². The minimum Gasteiger partial charge on any atom is -0.497 e. The van der Waals surface area contributed by atoms with Crippen molar-refractivity contribution in [3.63, 3.8) is 0 Å². The molecule has 0 radical (unpaired) electrons. The van der Waals surface area contributed by atoms with Crippen molar-refractivity contribution in [2.75, 3.05) is 14.2 Å². The monoisotopic (exact) mass is 388 g/mol. The number of hydrogen-bond donors (Lipinski definition) is 1. The van der Waals surface area contributed by atoms with Crippen LogP contribution in [0.5, 0.6) is 5.75 Å². The maximum Gasteiger partial charge on any atom is 0.346 e.